The molecule has 0 aliphatic heterocycles. The van der Waals surface area contributed by atoms with Gasteiger partial charge in [-0.25, -0.2) is 0 Å². The second kappa shape index (κ2) is 8.96. The molecule has 3 heteroatoms. The Labute approximate surface area is 135 Å². The maximum atomic E-state index is 6.25. The molecule has 0 aliphatic carbocycles. The lowest BCUT2D eigenvalue weighted by Crippen LogP contribution is -2.37. The average molecular weight is 314 g/mol. The van der Waals surface area contributed by atoms with Gasteiger partial charge in [0.1, 0.15) is 0 Å². The SMILES string of the molecule is CCCC(CS)(CCC)CN(C)Cc1ccccc1Cl. The van der Waals surface area contributed by atoms with Crippen LogP contribution < -0.4 is 0 Å². The van der Waals surface area contributed by atoms with Crippen molar-refractivity contribution in [2.45, 2.75) is 46.1 Å². The molecule has 20 heavy (non-hydrogen) atoms. The van der Waals surface area contributed by atoms with E-state index in [0.717, 1.165) is 23.9 Å². The lowest BCUT2D eigenvalue weighted by atomic mass is 9.80. The Kier molecular flexibility index (Phi) is 8.01. The van der Waals surface area contributed by atoms with E-state index in [2.05, 4.69) is 50.6 Å². The van der Waals surface area contributed by atoms with Crippen molar-refractivity contribution in [3.05, 3.63) is 34.9 Å². The van der Waals surface area contributed by atoms with Gasteiger partial charge in [0, 0.05) is 18.1 Å². The highest BCUT2D eigenvalue weighted by Crippen LogP contribution is 2.32. The second-order valence-electron chi connectivity index (χ2n) is 5.92. The minimum absolute atomic E-state index is 0.336. The van der Waals surface area contributed by atoms with Crippen LogP contribution in [0.4, 0.5) is 0 Å². The van der Waals surface area contributed by atoms with E-state index in [1.54, 1.807) is 0 Å². The summed E-state index contributed by atoms with van der Waals surface area (Å²) < 4.78 is 0. The summed E-state index contributed by atoms with van der Waals surface area (Å²) >= 11 is 10.9. The predicted molar refractivity (Wildman–Crippen MR) is 93.9 cm³/mol. The van der Waals surface area contributed by atoms with Gasteiger partial charge in [0.05, 0.1) is 0 Å². The maximum Gasteiger partial charge on any atom is 0.0451 e. The molecule has 114 valence electrons. The zero-order valence-corrected chi connectivity index (χ0v) is 14.7. The first-order valence-electron chi connectivity index (χ1n) is 7.59. The zero-order valence-electron chi connectivity index (χ0n) is 13.0. The Bertz CT molecular complexity index is 388. The summed E-state index contributed by atoms with van der Waals surface area (Å²) in [4.78, 5) is 2.39. The number of benzene rings is 1. The van der Waals surface area contributed by atoms with E-state index in [4.69, 9.17) is 11.6 Å². The minimum Gasteiger partial charge on any atom is -0.301 e. The first-order chi connectivity index (χ1) is 9.56. The molecular weight excluding hydrogens is 286 g/mol. The van der Waals surface area contributed by atoms with Crippen LogP contribution >= 0.6 is 24.2 Å². The van der Waals surface area contributed by atoms with Gasteiger partial charge in [-0.3, -0.25) is 0 Å². The molecule has 0 atom stereocenters. The molecule has 0 saturated carbocycles. The third kappa shape index (κ3) is 5.31. The van der Waals surface area contributed by atoms with Gasteiger partial charge in [-0.1, -0.05) is 56.5 Å². The molecule has 0 heterocycles. The van der Waals surface area contributed by atoms with Crippen LogP contribution in [0, 0.1) is 5.41 Å². The fraction of sp³-hybridized carbons (Fsp3) is 0.647. The maximum absolute atomic E-state index is 6.25. The summed E-state index contributed by atoms with van der Waals surface area (Å²) in [5, 5.41) is 0.863. The normalized spacial score (nSPS) is 12.1. The Morgan fingerprint density at radius 3 is 2.25 bits per heavy atom. The molecule has 0 N–H and O–H groups in total. The monoisotopic (exact) mass is 313 g/mol. The first-order valence-corrected chi connectivity index (χ1v) is 8.60. The fourth-order valence-electron chi connectivity index (χ4n) is 3.10. The minimum atomic E-state index is 0.336. The lowest BCUT2D eigenvalue weighted by Gasteiger charge is -2.36. The predicted octanol–water partition coefficient (Wildman–Crippen LogP) is 5.29. The van der Waals surface area contributed by atoms with E-state index >= 15 is 0 Å². The highest BCUT2D eigenvalue weighted by molar-refractivity contribution is 7.80. The third-order valence-corrected chi connectivity index (χ3v) is 4.94. The molecule has 0 aromatic heterocycles. The summed E-state index contributed by atoms with van der Waals surface area (Å²) in [7, 11) is 2.19. The van der Waals surface area contributed by atoms with E-state index in [9.17, 15) is 0 Å². The van der Waals surface area contributed by atoms with Crippen LogP contribution in [-0.4, -0.2) is 24.2 Å². The highest BCUT2D eigenvalue weighted by Gasteiger charge is 2.28. The van der Waals surface area contributed by atoms with Crippen molar-refractivity contribution in [2.75, 3.05) is 19.3 Å². The van der Waals surface area contributed by atoms with Gasteiger partial charge in [0.25, 0.3) is 0 Å². The third-order valence-electron chi connectivity index (χ3n) is 3.90. The van der Waals surface area contributed by atoms with Crippen molar-refractivity contribution in [1.82, 2.24) is 4.90 Å². The summed E-state index contributed by atoms with van der Waals surface area (Å²) in [6.45, 7) is 6.52. The largest absolute Gasteiger partial charge is 0.301 e. The molecule has 1 nitrogen and oxygen atoms in total. The van der Waals surface area contributed by atoms with Crippen molar-refractivity contribution in [1.29, 1.82) is 0 Å². The molecule has 0 bridgehead atoms. The Hall–Kier alpha value is -0.180. The van der Waals surface area contributed by atoms with Crippen LogP contribution in [0.1, 0.15) is 45.1 Å². The van der Waals surface area contributed by atoms with Crippen LogP contribution in [0.15, 0.2) is 24.3 Å². The number of thiol groups is 1. The topological polar surface area (TPSA) is 3.24 Å². The molecule has 1 aromatic rings. The van der Waals surface area contributed by atoms with Gasteiger partial charge in [0.2, 0.25) is 0 Å². The molecular formula is C17H28ClNS. The average Bonchev–Trinajstić information content (AvgIpc) is 2.42. The van der Waals surface area contributed by atoms with Crippen molar-refractivity contribution >= 4 is 24.2 Å². The Morgan fingerprint density at radius 1 is 1.15 bits per heavy atom. The van der Waals surface area contributed by atoms with Crippen molar-refractivity contribution in [2.24, 2.45) is 5.41 Å². The highest BCUT2D eigenvalue weighted by atomic mass is 35.5. The van der Waals surface area contributed by atoms with Gasteiger partial charge >= 0.3 is 0 Å². The number of halogens is 1. The number of rotatable bonds is 9. The molecule has 0 fully saturated rings. The van der Waals surface area contributed by atoms with Crippen LogP contribution in [-0.2, 0) is 6.54 Å². The van der Waals surface area contributed by atoms with E-state index < -0.39 is 0 Å². The molecule has 1 aromatic carbocycles. The van der Waals surface area contributed by atoms with E-state index in [-0.39, 0.29) is 0 Å². The smallest absolute Gasteiger partial charge is 0.0451 e. The second-order valence-corrected chi connectivity index (χ2v) is 6.65. The van der Waals surface area contributed by atoms with Crippen molar-refractivity contribution < 1.29 is 0 Å². The fourth-order valence-corrected chi connectivity index (χ4v) is 3.71. The van der Waals surface area contributed by atoms with Crippen LogP contribution in [0.2, 0.25) is 5.02 Å². The molecule has 0 spiro atoms. The molecule has 0 unspecified atom stereocenters. The lowest BCUT2D eigenvalue weighted by molar-refractivity contribution is 0.165. The summed E-state index contributed by atoms with van der Waals surface area (Å²) in [5.74, 6) is 0.960. The summed E-state index contributed by atoms with van der Waals surface area (Å²) in [5.41, 5.74) is 1.54. The Morgan fingerprint density at radius 2 is 1.75 bits per heavy atom. The molecule has 0 aliphatic rings. The van der Waals surface area contributed by atoms with Gasteiger partial charge in [-0.15, -0.1) is 0 Å². The molecule has 1 rings (SSSR count). The summed E-state index contributed by atoms with van der Waals surface area (Å²) in [6, 6.07) is 8.12. The Balaban J connectivity index is 2.70. The van der Waals surface area contributed by atoms with Crippen LogP contribution in [0.5, 0.6) is 0 Å². The molecule has 0 saturated heterocycles. The van der Waals surface area contributed by atoms with E-state index in [1.165, 1.54) is 31.2 Å². The number of nitrogens with zero attached hydrogens (tertiary/aromatic N) is 1. The quantitative estimate of drug-likeness (QED) is 0.606. The van der Waals surface area contributed by atoms with E-state index in [0.29, 0.717) is 5.41 Å². The van der Waals surface area contributed by atoms with Gasteiger partial charge in [-0.2, -0.15) is 12.6 Å². The zero-order chi connectivity index (χ0) is 15.0. The van der Waals surface area contributed by atoms with E-state index in [1.807, 2.05) is 12.1 Å². The van der Waals surface area contributed by atoms with Gasteiger partial charge in [0.15, 0.2) is 0 Å². The standard InChI is InChI=1S/C17H28ClNS/c1-4-10-17(14-20,11-5-2)13-19(3)12-15-8-6-7-9-16(15)18/h6-9,20H,4-5,10-14H2,1-3H3. The van der Waals surface area contributed by atoms with Crippen molar-refractivity contribution in [3.63, 3.8) is 0 Å². The number of hydrogen-bond donors (Lipinski definition) is 1. The van der Waals surface area contributed by atoms with Crippen molar-refractivity contribution in [3.8, 4) is 0 Å². The van der Waals surface area contributed by atoms with Crippen LogP contribution in [0.3, 0.4) is 0 Å². The summed E-state index contributed by atoms with van der Waals surface area (Å²) in [6.07, 6.45) is 4.94. The first kappa shape index (κ1) is 17.9. The molecule has 0 amide bonds. The van der Waals surface area contributed by atoms with Gasteiger partial charge < -0.3 is 4.90 Å². The van der Waals surface area contributed by atoms with Crippen LogP contribution in [0.25, 0.3) is 0 Å². The van der Waals surface area contributed by atoms with Gasteiger partial charge in [-0.05, 0) is 42.7 Å². The molecule has 0 radical (unpaired) electrons. The number of hydrogen-bond acceptors (Lipinski definition) is 2.